The van der Waals surface area contributed by atoms with Crippen LogP contribution in [0.15, 0.2) is 23.8 Å². The lowest BCUT2D eigenvalue weighted by Gasteiger charge is -1.89. The molecule has 9 heavy (non-hydrogen) atoms. The molecule has 0 fully saturated rings. The summed E-state index contributed by atoms with van der Waals surface area (Å²) in [6.07, 6.45) is 9.15. The van der Waals surface area contributed by atoms with Crippen molar-refractivity contribution in [2.75, 3.05) is 6.26 Å². The maximum atomic E-state index is 10.8. The van der Waals surface area contributed by atoms with Crippen LogP contribution in [0.1, 0.15) is 0 Å². The predicted molar refractivity (Wildman–Crippen MR) is 40.0 cm³/mol. The molecule has 47 valence electrons. The standard InChI is InChI=1S/C7H7OS/c1-9-7(8)6-4-2-3-5-6/h2-5H,1H3. The Kier molecular flexibility index (Phi) is 2.11. The molecule has 0 saturated heterocycles. The van der Waals surface area contributed by atoms with E-state index in [1.54, 1.807) is 6.26 Å². The lowest BCUT2D eigenvalue weighted by atomic mass is 10.3. The Morgan fingerprint density at radius 2 is 2.44 bits per heavy atom. The SMILES string of the molecule is CSC(=O)C1=C[CH]C=C1. The first-order valence-electron chi connectivity index (χ1n) is 2.64. The molecule has 0 aromatic carbocycles. The Labute approximate surface area is 58.8 Å². The van der Waals surface area contributed by atoms with E-state index in [1.807, 2.05) is 24.6 Å². The molecule has 0 bridgehead atoms. The molecule has 1 aliphatic carbocycles. The first kappa shape index (κ1) is 6.62. The van der Waals surface area contributed by atoms with Gasteiger partial charge in [-0.3, -0.25) is 4.79 Å². The first-order valence-corrected chi connectivity index (χ1v) is 3.87. The summed E-state index contributed by atoms with van der Waals surface area (Å²) in [7, 11) is 0. The normalized spacial score (nSPS) is 15.9. The molecule has 0 aromatic heterocycles. The van der Waals surface area contributed by atoms with Gasteiger partial charge in [-0.15, -0.1) is 0 Å². The molecule has 0 amide bonds. The molecule has 1 rings (SSSR count). The highest BCUT2D eigenvalue weighted by atomic mass is 32.2. The van der Waals surface area contributed by atoms with E-state index in [-0.39, 0.29) is 5.12 Å². The minimum absolute atomic E-state index is 0.139. The number of rotatable bonds is 1. The molecule has 0 unspecified atom stereocenters. The third-order valence-electron chi connectivity index (χ3n) is 1.08. The zero-order chi connectivity index (χ0) is 6.69. The molecule has 1 nitrogen and oxygen atoms in total. The van der Waals surface area contributed by atoms with Gasteiger partial charge < -0.3 is 0 Å². The fourth-order valence-electron chi connectivity index (χ4n) is 0.628. The number of hydrogen-bond acceptors (Lipinski definition) is 2. The number of hydrogen-bond donors (Lipinski definition) is 0. The summed E-state index contributed by atoms with van der Waals surface area (Å²) in [5, 5.41) is 0.139. The fourth-order valence-corrected chi connectivity index (χ4v) is 1.000. The van der Waals surface area contributed by atoms with E-state index in [2.05, 4.69) is 0 Å². The Bertz CT molecular complexity index is 179. The maximum Gasteiger partial charge on any atom is 0.218 e. The summed E-state index contributed by atoms with van der Waals surface area (Å²) in [4.78, 5) is 10.8. The van der Waals surface area contributed by atoms with E-state index in [0.717, 1.165) is 5.57 Å². The minimum Gasteiger partial charge on any atom is -0.282 e. The summed E-state index contributed by atoms with van der Waals surface area (Å²) < 4.78 is 0. The van der Waals surface area contributed by atoms with E-state index in [9.17, 15) is 4.79 Å². The van der Waals surface area contributed by atoms with E-state index in [0.29, 0.717) is 0 Å². The number of thioether (sulfide) groups is 1. The van der Waals surface area contributed by atoms with Gasteiger partial charge in [0.25, 0.3) is 0 Å². The van der Waals surface area contributed by atoms with E-state index < -0.39 is 0 Å². The zero-order valence-electron chi connectivity index (χ0n) is 5.13. The van der Waals surface area contributed by atoms with Crippen molar-refractivity contribution in [3.05, 3.63) is 30.2 Å². The molecule has 0 heterocycles. The third kappa shape index (κ3) is 1.45. The summed E-state index contributed by atoms with van der Waals surface area (Å²) in [5.74, 6) is 0. The lowest BCUT2D eigenvalue weighted by Crippen LogP contribution is -1.89. The van der Waals surface area contributed by atoms with Crippen molar-refractivity contribution < 1.29 is 4.79 Å². The van der Waals surface area contributed by atoms with Crippen LogP contribution in [0.3, 0.4) is 0 Å². The molecule has 1 radical (unpaired) electrons. The van der Waals surface area contributed by atoms with Gasteiger partial charge >= 0.3 is 0 Å². The summed E-state index contributed by atoms with van der Waals surface area (Å²) in [6.45, 7) is 0. The summed E-state index contributed by atoms with van der Waals surface area (Å²) >= 11 is 1.24. The maximum absolute atomic E-state index is 10.8. The van der Waals surface area contributed by atoms with Crippen molar-refractivity contribution in [2.24, 2.45) is 0 Å². The van der Waals surface area contributed by atoms with Gasteiger partial charge in [-0.1, -0.05) is 30.0 Å². The third-order valence-corrected chi connectivity index (χ3v) is 1.69. The molecule has 2 heteroatoms. The van der Waals surface area contributed by atoms with Crippen molar-refractivity contribution in [3.63, 3.8) is 0 Å². The highest BCUT2D eigenvalue weighted by molar-refractivity contribution is 8.13. The second kappa shape index (κ2) is 2.87. The Hall–Kier alpha value is -0.500. The Balaban J connectivity index is 2.62. The van der Waals surface area contributed by atoms with Crippen LogP contribution in [0, 0.1) is 6.42 Å². The lowest BCUT2D eigenvalue weighted by molar-refractivity contribution is -0.107. The van der Waals surface area contributed by atoms with Crippen LogP contribution in [0.5, 0.6) is 0 Å². The van der Waals surface area contributed by atoms with Crippen LogP contribution in [0.2, 0.25) is 0 Å². The van der Waals surface area contributed by atoms with Crippen molar-refractivity contribution >= 4 is 16.9 Å². The van der Waals surface area contributed by atoms with Crippen molar-refractivity contribution in [3.8, 4) is 0 Å². The highest BCUT2D eigenvalue weighted by Gasteiger charge is 2.05. The molecule has 0 N–H and O–H groups in total. The van der Waals surface area contributed by atoms with Gasteiger partial charge in [0.2, 0.25) is 5.12 Å². The zero-order valence-corrected chi connectivity index (χ0v) is 5.94. The molecule has 1 aliphatic rings. The second-order valence-electron chi connectivity index (χ2n) is 1.67. The average molecular weight is 139 g/mol. The van der Waals surface area contributed by atoms with E-state index in [4.69, 9.17) is 0 Å². The minimum atomic E-state index is 0.139. The average Bonchev–Trinajstić information content (AvgIpc) is 2.37. The summed E-state index contributed by atoms with van der Waals surface area (Å²) in [5.41, 5.74) is 0.794. The Morgan fingerprint density at radius 3 is 2.89 bits per heavy atom. The molecule has 0 atom stereocenters. The topological polar surface area (TPSA) is 17.1 Å². The smallest absolute Gasteiger partial charge is 0.218 e. The van der Waals surface area contributed by atoms with Crippen LogP contribution in [0.25, 0.3) is 0 Å². The van der Waals surface area contributed by atoms with Crippen LogP contribution < -0.4 is 0 Å². The monoisotopic (exact) mass is 139 g/mol. The Morgan fingerprint density at radius 1 is 1.67 bits per heavy atom. The summed E-state index contributed by atoms with van der Waals surface area (Å²) in [6, 6.07) is 0. The van der Waals surface area contributed by atoms with E-state index >= 15 is 0 Å². The van der Waals surface area contributed by atoms with Crippen LogP contribution in [-0.4, -0.2) is 11.4 Å². The van der Waals surface area contributed by atoms with Gasteiger partial charge in [0, 0.05) is 12.0 Å². The van der Waals surface area contributed by atoms with Crippen molar-refractivity contribution in [1.82, 2.24) is 0 Å². The molecular formula is C7H7OS. The predicted octanol–water partition coefficient (Wildman–Crippen LogP) is 1.58. The first-order chi connectivity index (χ1) is 4.34. The van der Waals surface area contributed by atoms with Crippen molar-refractivity contribution in [1.29, 1.82) is 0 Å². The molecule has 0 spiro atoms. The van der Waals surface area contributed by atoms with Gasteiger partial charge in [0.15, 0.2) is 0 Å². The molecule has 0 aliphatic heterocycles. The molecular weight excluding hydrogens is 132 g/mol. The van der Waals surface area contributed by atoms with E-state index in [1.165, 1.54) is 11.8 Å². The van der Waals surface area contributed by atoms with Crippen LogP contribution in [-0.2, 0) is 4.79 Å². The number of carbonyl (C=O) groups excluding carboxylic acids is 1. The number of carbonyl (C=O) groups is 1. The quantitative estimate of drug-likeness (QED) is 0.548. The number of allylic oxidation sites excluding steroid dienone is 3. The van der Waals surface area contributed by atoms with Gasteiger partial charge in [-0.25, -0.2) is 0 Å². The highest BCUT2D eigenvalue weighted by Crippen LogP contribution is 2.13. The van der Waals surface area contributed by atoms with Gasteiger partial charge in [0.1, 0.15) is 0 Å². The fraction of sp³-hybridized carbons (Fsp3) is 0.143. The largest absolute Gasteiger partial charge is 0.282 e. The van der Waals surface area contributed by atoms with Gasteiger partial charge in [0.05, 0.1) is 0 Å². The van der Waals surface area contributed by atoms with Crippen LogP contribution >= 0.6 is 11.8 Å². The van der Waals surface area contributed by atoms with Gasteiger partial charge in [-0.2, -0.15) is 0 Å². The molecule has 0 aromatic rings. The van der Waals surface area contributed by atoms with Gasteiger partial charge in [-0.05, 0) is 6.26 Å². The second-order valence-corrected chi connectivity index (χ2v) is 2.44. The molecule has 0 saturated carbocycles. The van der Waals surface area contributed by atoms with Crippen molar-refractivity contribution in [2.45, 2.75) is 0 Å². The van der Waals surface area contributed by atoms with Crippen LogP contribution in [0.4, 0.5) is 0 Å².